The maximum absolute atomic E-state index is 10.2. The van der Waals surface area contributed by atoms with Crippen molar-refractivity contribution in [3.05, 3.63) is 53.3 Å². The van der Waals surface area contributed by atoms with Crippen LogP contribution in [0.1, 0.15) is 30.0 Å². The van der Waals surface area contributed by atoms with E-state index in [9.17, 15) is 5.11 Å². The Hall–Kier alpha value is -1.61. The maximum Gasteiger partial charge on any atom is 0.0996 e. The van der Waals surface area contributed by atoms with Crippen LogP contribution >= 0.6 is 0 Å². The van der Waals surface area contributed by atoms with E-state index in [2.05, 4.69) is 12.0 Å². The summed E-state index contributed by atoms with van der Waals surface area (Å²) in [7, 11) is 1.88. The second-order valence-corrected chi connectivity index (χ2v) is 4.24. The van der Waals surface area contributed by atoms with Gasteiger partial charge in [0.1, 0.15) is 0 Å². The third-order valence-corrected chi connectivity index (χ3v) is 2.94. The summed E-state index contributed by atoms with van der Waals surface area (Å²) in [4.78, 5) is 0. The van der Waals surface area contributed by atoms with Crippen molar-refractivity contribution in [1.29, 1.82) is 0 Å². The molecule has 1 atom stereocenters. The van der Waals surface area contributed by atoms with Gasteiger partial charge in [0.25, 0.3) is 0 Å². The van der Waals surface area contributed by atoms with Crippen LogP contribution in [0.15, 0.2) is 36.4 Å². The predicted octanol–water partition coefficient (Wildman–Crippen LogP) is 2.26. The molecular weight excluding hydrogens is 212 g/mol. The Kier molecular flexibility index (Phi) is 3.59. The summed E-state index contributed by atoms with van der Waals surface area (Å²) < 4.78 is 1.77. The number of hydrogen-bond donors (Lipinski definition) is 1. The molecular formula is C14H18N2O. The molecule has 0 aliphatic carbocycles. The normalized spacial score (nSPS) is 12.6. The average molecular weight is 230 g/mol. The van der Waals surface area contributed by atoms with Gasteiger partial charge >= 0.3 is 0 Å². The molecule has 1 N–H and O–H groups in total. The van der Waals surface area contributed by atoms with Crippen LogP contribution in [0.2, 0.25) is 0 Å². The van der Waals surface area contributed by atoms with Crippen LogP contribution in [0, 0.1) is 0 Å². The zero-order valence-corrected chi connectivity index (χ0v) is 10.3. The molecule has 0 spiro atoms. The lowest BCUT2D eigenvalue weighted by Crippen LogP contribution is -2.07. The van der Waals surface area contributed by atoms with E-state index < -0.39 is 6.10 Å². The molecule has 3 nitrogen and oxygen atoms in total. The average Bonchev–Trinajstić information content (AvgIpc) is 2.72. The fraction of sp³-hybridized carbons (Fsp3) is 0.357. The Balaban J connectivity index is 2.14. The molecule has 90 valence electrons. The van der Waals surface area contributed by atoms with E-state index in [0.29, 0.717) is 6.42 Å². The first kappa shape index (κ1) is 11.9. The molecule has 2 rings (SSSR count). The molecule has 0 aliphatic heterocycles. The first-order valence-corrected chi connectivity index (χ1v) is 5.95. The van der Waals surface area contributed by atoms with E-state index in [1.807, 2.05) is 43.4 Å². The molecule has 0 saturated carbocycles. The SMILES string of the molecule is CCc1cc(C(O)Cc2ccccc2)n(C)n1. The van der Waals surface area contributed by atoms with Gasteiger partial charge in [-0.15, -0.1) is 0 Å². The molecule has 3 heteroatoms. The Morgan fingerprint density at radius 3 is 2.59 bits per heavy atom. The van der Waals surface area contributed by atoms with Crippen LogP contribution in [-0.2, 0) is 19.9 Å². The molecule has 0 saturated heterocycles. The van der Waals surface area contributed by atoms with Crippen LogP contribution in [0.3, 0.4) is 0 Å². The molecule has 0 fully saturated rings. The first-order chi connectivity index (χ1) is 8.20. The second-order valence-electron chi connectivity index (χ2n) is 4.24. The standard InChI is InChI=1S/C14H18N2O/c1-3-12-10-13(16(2)15-12)14(17)9-11-7-5-4-6-8-11/h4-8,10,14,17H,3,9H2,1-2H3. The summed E-state index contributed by atoms with van der Waals surface area (Å²) >= 11 is 0. The van der Waals surface area contributed by atoms with Crippen molar-refractivity contribution in [2.24, 2.45) is 7.05 Å². The molecule has 0 bridgehead atoms. The van der Waals surface area contributed by atoms with Gasteiger partial charge in [-0.1, -0.05) is 37.3 Å². The predicted molar refractivity (Wildman–Crippen MR) is 67.7 cm³/mol. The molecule has 17 heavy (non-hydrogen) atoms. The van der Waals surface area contributed by atoms with Crippen LogP contribution in [-0.4, -0.2) is 14.9 Å². The monoisotopic (exact) mass is 230 g/mol. The largest absolute Gasteiger partial charge is 0.386 e. The van der Waals surface area contributed by atoms with Crippen LogP contribution in [0.25, 0.3) is 0 Å². The van der Waals surface area contributed by atoms with Crippen molar-refractivity contribution < 1.29 is 5.11 Å². The third-order valence-electron chi connectivity index (χ3n) is 2.94. The molecule has 2 aromatic rings. The van der Waals surface area contributed by atoms with Crippen molar-refractivity contribution in [3.63, 3.8) is 0 Å². The molecule has 0 radical (unpaired) electrons. The van der Waals surface area contributed by atoms with Crippen molar-refractivity contribution >= 4 is 0 Å². The number of aliphatic hydroxyl groups excluding tert-OH is 1. The van der Waals surface area contributed by atoms with E-state index >= 15 is 0 Å². The highest BCUT2D eigenvalue weighted by atomic mass is 16.3. The molecule has 1 aromatic heterocycles. The highest BCUT2D eigenvalue weighted by Crippen LogP contribution is 2.18. The Labute approximate surface area is 102 Å². The second kappa shape index (κ2) is 5.15. The quantitative estimate of drug-likeness (QED) is 0.875. The molecule has 1 unspecified atom stereocenters. The lowest BCUT2D eigenvalue weighted by atomic mass is 10.1. The minimum absolute atomic E-state index is 0.491. The molecule has 0 amide bonds. The van der Waals surface area contributed by atoms with E-state index in [1.165, 1.54) is 0 Å². The van der Waals surface area contributed by atoms with Crippen LogP contribution in [0.5, 0.6) is 0 Å². The van der Waals surface area contributed by atoms with E-state index in [1.54, 1.807) is 4.68 Å². The van der Waals surface area contributed by atoms with Gasteiger partial charge in [-0.2, -0.15) is 5.10 Å². The zero-order chi connectivity index (χ0) is 12.3. The van der Waals surface area contributed by atoms with E-state index in [0.717, 1.165) is 23.4 Å². The van der Waals surface area contributed by atoms with Crippen LogP contribution in [0.4, 0.5) is 0 Å². The molecule has 1 heterocycles. The highest BCUT2D eigenvalue weighted by Gasteiger charge is 2.14. The van der Waals surface area contributed by atoms with Gasteiger partial charge in [-0.05, 0) is 18.1 Å². The summed E-state index contributed by atoms with van der Waals surface area (Å²) in [6.07, 6.45) is 1.03. The van der Waals surface area contributed by atoms with Crippen molar-refractivity contribution in [2.75, 3.05) is 0 Å². The number of hydrogen-bond acceptors (Lipinski definition) is 2. The van der Waals surface area contributed by atoms with Gasteiger partial charge in [0.2, 0.25) is 0 Å². The minimum Gasteiger partial charge on any atom is -0.386 e. The summed E-state index contributed by atoms with van der Waals surface area (Å²) in [6.45, 7) is 2.07. The van der Waals surface area contributed by atoms with E-state index in [4.69, 9.17) is 0 Å². The van der Waals surface area contributed by atoms with E-state index in [-0.39, 0.29) is 0 Å². The summed E-state index contributed by atoms with van der Waals surface area (Å²) in [5, 5.41) is 14.6. The Morgan fingerprint density at radius 2 is 2.00 bits per heavy atom. The third kappa shape index (κ3) is 2.74. The van der Waals surface area contributed by atoms with Gasteiger partial charge in [-0.25, -0.2) is 0 Å². The maximum atomic E-state index is 10.2. The Bertz CT molecular complexity index is 476. The van der Waals surface area contributed by atoms with Crippen molar-refractivity contribution in [2.45, 2.75) is 25.9 Å². The molecule has 1 aromatic carbocycles. The lowest BCUT2D eigenvalue weighted by Gasteiger charge is -2.10. The van der Waals surface area contributed by atoms with Crippen LogP contribution < -0.4 is 0 Å². The topological polar surface area (TPSA) is 38.0 Å². The first-order valence-electron chi connectivity index (χ1n) is 5.95. The number of nitrogens with zero attached hydrogens (tertiary/aromatic N) is 2. The lowest BCUT2D eigenvalue weighted by molar-refractivity contribution is 0.168. The number of rotatable bonds is 4. The highest BCUT2D eigenvalue weighted by molar-refractivity contribution is 5.19. The van der Waals surface area contributed by atoms with Gasteiger partial charge in [-0.3, -0.25) is 4.68 Å². The fourth-order valence-electron chi connectivity index (χ4n) is 1.97. The summed E-state index contributed by atoms with van der Waals surface area (Å²) in [5.41, 5.74) is 3.04. The van der Waals surface area contributed by atoms with Gasteiger partial charge in [0.05, 0.1) is 17.5 Å². The molecule has 0 aliphatic rings. The number of benzene rings is 1. The number of aliphatic hydroxyl groups is 1. The fourth-order valence-corrected chi connectivity index (χ4v) is 1.97. The summed E-state index contributed by atoms with van der Waals surface area (Å²) in [5.74, 6) is 0. The smallest absolute Gasteiger partial charge is 0.0996 e. The van der Waals surface area contributed by atoms with Gasteiger partial charge in [0.15, 0.2) is 0 Å². The number of aryl methyl sites for hydroxylation is 2. The summed E-state index contributed by atoms with van der Waals surface area (Å²) in [6, 6.07) is 12.0. The zero-order valence-electron chi connectivity index (χ0n) is 10.3. The van der Waals surface area contributed by atoms with Gasteiger partial charge in [0, 0.05) is 13.5 Å². The number of aromatic nitrogens is 2. The Morgan fingerprint density at radius 1 is 1.29 bits per heavy atom. The van der Waals surface area contributed by atoms with Crippen molar-refractivity contribution in [1.82, 2.24) is 9.78 Å². The van der Waals surface area contributed by atoms with Gasteiger partial charge < -0.3 is 5.11 Å². The van der Waals surface area contributed by atoms with Crippen molar-refractivity contribution in [3.8, 4) is 0 Å². The minimum atomic E-state index is -0.491.